The maximum absolute atomic E-state index is 13.8. The fraction of sp³-hybridized carbons (Fsp3) is 0.171. The first-order valence-corrected chi connectivity index (χ1v) is 13.6. The van der Waals surface area contributed by atoms with Crippen molar-refractivity contribution in [2.75, 3.05) is 19.1 Å². The number of carbonyl (C=O) groups is 2. The van der Waals surface area contributed by atoms with Gasteiger partial charge < -0.3 is 9.47 Å². The van der Waals surface area contributed by atoms with Crippen LogP contribution in [0.3, 0.4) is 0 Å². The molecule has 5 aromatic rings. The number of ether oxygens (including phenoxy) is 2. The van der Waals surface area contributed by atoms with Crippen LogP contribution in [-0.2, 0) is 11.3 Å². The lowest BCUT2D eigenvalue weighted by Gasteiger charge is -2.24. The number of hydrogen-bond acceptors (Lipinski definition) is 5. The molecule has 0 unspecified atom stereocenters. The molecule has 1 amide bonds. The lowest BCUT2D eigenvalue weighted by Crippen LogP contribution is -2.31. The number of amides is 1. The molecular formula is C35H34N2O4. The van der Waals surface area contributed by atoms with Crippen molar-refractivity contribution in [3.05, 3.63) is 126 Å². The third kappa shape index (κ3) is 6.44. The van der Waals surface area contributed by atoms with Crippen LogP contribution in [0.5, 0.6) is 5.75 Å². The van der Waals surface area contributed by atoms with Gasteiger partial charge >= 0.3 is 5.97 Å². The van der Waals surface area contributed by atoms with E-state index in [0.29, 0.717) is 23.5 Å². The first-order chi connectivity index (χ1) is 20.0. The Balaban J connectivity index is 0.00000189. The predicted octanol–water partition coefficient (Wildman–Crippen LogP) is 7.88. The van der Waals surface area contributed by atoms with Crippen molar-refractivity contribution in [2.45, 2.75) is 27.3 Å². The fourth-order valence-corrected chi connectivity index (χ4v) is 4.64. The standard InChI is InChI=1S/C33H28N2O4.C2H6/c1-22-19-26(14-16-30(22)38-2)24-11-9-23(10-12-24)21-35(32(36)25-7-5-4-6-8-25)31-29-15-13-28(33(37)39-3)20-27(29)17-18-34-31;1-2/h4-20H,21H2,1-3H3;1-2H3. The van der Waals surface area contributed by atoms with Crippen LogP contribution < -0.4 is 9.64 Å². The molecule has 6 nitrogen and oxygen atoms in total. The number of fused-ring (bicyclic) bond motifs is 1. The number of nitrogens with zero attached hydrogens (tertiary/aromatic N) is 2. The highest BCUT2D eigenvalue weighted by Gasteiger charge is 2.22. The molecule has 0 saturated heterocycles. The van der Waals surface area contributed by atoms with Gasteiger partial charge in [0.15, 0.2) is 0 Å². The van der Waals surface area contributed by atoms with Crippen molar-refractivity contribution < 1.29 is 19.1 Å². The van der Waals surface area contributed by atoms with E-state index in [1.807, 2.05) is 75.4 Å². The minimum absolute atomic E-state index is 0.164. The number of aryl methyl sites for hydroxylation is 1. The summed E-state index contributed by atoms with van der Waals surface area (Å²) in [6.45, 7) is 6.34. The van der Waals surface area contributed by atoms with Gasteiger partial charge in [-0.25, -0.2) is 9.78 Å². The number of benzene rings is 4. The summed E-state index contributed by atoms with van der Waals surface area (Å²) >= 11 is 0. The highest BCUT2D eigenvalue weighted by Crippen LogP contribution is 2.30. The van der Waals surface area contributed by atoms with Crippen molar-refractivity contribution in [1.29, 1.82) is 0 Å². The smallest absolute Gasteiger partial charge is 0.337 e. The van der Waals surface area contributed by atoms with E-state index in [9.17, 15) is 9.59 Å². The molecule has 0 saturated carbocycles. The average Bonchev–Trinajstić information content (AvgIpc) is 3.04. The Morgan fingerprint density at radius 3 is 2.15 bits per heavy atom. The van der Waals surface area contributed by atoms with E-state index in [0.717, 1.165) is 38.8 Å². The van der Waals surface area contributed by atoms with Crippen molar-refractivity contribution in [1.82, 2.24) is 4.98 Å². The van der Waals surface area contributed by atoms with Gasteiger partial charge in [-0.15, -0.1) is 0 Å². The van der Waals surface area contributed by atoms with Crippen molar-refractivity contribution >= 4 is 28.5 Å². The van der Waals surface area contributed by atoms with Crippen LogP contribution in [0.2, 0.25) is 0 Å². The lowest BCUT2D eigenvalue weighted by molar-refractivity contribution is 0.0600. The zero-order valence-corrected chi connectivity index (χ0v) is 24.0. The molecule has 6 heteroatoms. The summed E-state index contributed by atoms with van der Waals surface area (Å²) in [5, 5.41) is 1.55. The van der Waals surface area contributed by atoms with E-state index >= 15 is 0 Å². The molecule has 0 aliphatic heterocycles. The minimum atomic E-state index is -0.417. The Bertz CT molecular complexity index is 1650. The van der Waals surface area contributed by atoms with E-state index in [1.165, 1.54) is 7.11 Å². The molecule has 1 heterocycles. The van der Waals surface area contributed by atoms with Gasteiger partial charge in [0, 0.05) is 17.1 Å². The quantitative estimate of drug-likeness (QED) is 0.194. The Labute approximate surface area is 241 Å². The van der Waals surface area contributed by atoms with Gasteiger partial charge in [-0.2, -0.15) is 0 Å². The van der Waals surface area contributed by atoms with E-state index in [-0.39, 0.29) is 5.91 Å². The van der Waals surface area contributed by atoms with E-state index in [1.54, 1.807) is 42.5 Å². The van der Waals surface area contributed by atoms with E-state index in [4.69, 9.17) is 9.47 Å². The molecule has 0 aliphatic rings. The normalized spacial score (nSPS) is 10.4. The maximum Gasteiger partial charge on any atom is 0.337 e. The van der Waals surface area contributed by atoms with Crippen LogP contribution in [0.4, 0.5) is 5.82 Å². The zero-order valence-electron chi connectivity index (χ0n) is 24.0. The van der Waals surface area contributed by atoms with Crippen LogP contribution in [0, 0.1) is 6.92 Å². The number of hydrogen-bond donors (Lipinski definition) is 0. The number of pyridine rings is 1. The summed E-state index contributed by atoms with van der Waals surface area (Å²) in [4.78, 5) is 32.2. The van der Waals surface area contributed by atoms with Crippen LogP contribution >= 0.6 is 0 Å². The summed E-state index contributed by atoms with van der Waals surface area (Å²) in [5.41, 5.74) is 5.19. The molecule has 5 rings (SSSR count). The predicted molar refractivity (Wildman–Crippen MR) is 165 cm³/mol. The van der Waals surface area contributed by atoms with Gasteiger partial charge in [-0.3, -0.25) is 9.69 Å². The first kappa shape index (κ1) is 29.0. The third-order valence-electron chi connectivity index (χ3n) is 6.71. The van der Waals surface area contributed by atoms with Gasteiger partial charge in [0.2, 0.25) is 0 Å². The molecule has 0 aliphatic carbocycles. The first-order valence-electron chi connectivity index (χ1n) is 13.6. The molecule has 4 aromatic carbocycles. The van der Waals surface area contributed by atoms with Crippen LogP contribution in [-0.4, -0.2) is 31.1 Å². The number of aromatic nitrogens is 1. The molecule has 0 N–H and O–H groups in total. The SMILES string of the molecule is CC.COC(=O)c1ccc2c(N(Cc3ccc(-c4ccc(OC)c(C)c4)cc3)C(=O)c3ccccc3)nccc2c1. The number of anilines is 1. The average molecular weight is 547 g/mol. The van der Waals surface area contributed by atoms with E-state index in [2.05, 4.69) is 23.2 Å². The summed E-state index contributed by atoms with van der Waals surface area (Å²) in [5.74, 6) is 0.793. The number of rotatable bonds is 7. The third-order valence-corrected chi connectivity index (χ3v) is 6.71. The minimum Gasteiger partial charge on any atom is -0.496 e. The summed E-state index contributed by atoms with van der Waals surface area (Å²) < 4.78 is 10.3. The van der Waals surface area contributed by atoms with Crippen molar-refractivity contribution in [2.24, 2.45) is 0 Å². The van der Waals surface area contributed by atoms with Gasteiger partial charge in [-0.1, -0.05) is 62.4 Å². The molecule has 41 heavy (non-hydrogen) atoms. The van der Waals surface area contributed by atoms with E-state index < -0.39 is 5.97 Å². The van der Waals surface area contributed by atoms with Crippen molar-refractivity contribution in [3.63, 3.8) is 0 Å². The number of methoxy groups -OCH3 is 2. The largest absolute Gasteiger partial charge is 0.496 e. The second-order valence-corrected chi connectivity index (χ2v) is 9.20. The van der Waals surface area contributed by atoms with Gasteiger partial charge in [-0.05, 0) is 83.1 Å². The molecule has 0 spiro atoms. The van der Waals surface area contributed by atoms with Crippen LogP contribution in [0.1, 0.15) is 45.7 Å². The lowest BCUT2D eigenvalue weighted by atomic mass is 10.0. The molecule has 208 valence electrons. The molecule has 0 bridgehead atoms. The molecule has 0 radical (unpaired) electrons. The van der Waals surface area contributed by atoms with Crippen LogP contribution in [0.15, 0.2) is 103 Å². The second-order valence-electron chi connectivity index (χ2n) is 9.20. The molecular weight excluding hydrogens is 512 g/mol. The fourth-order valence-electron chi connectivity index (χ4n) is 4.64. The maximum atomic E-state index is 13.8. The van der Waals surface area contributed by atoms with Gasteiger partial charge in [0.05, 0.1) is 26.3 Å². The van der Waals surface area contributed by atoms with Gasteiger partial charge in [0.1, 0.15) is 11.6 Å². The summed E-state index contributed by atoms with van der Waals surface area (Å²) in [7, 11) is 3.02. The Morgan fingerprint density at radius 1 is 0.780 bits per heavy atom. The highest BCUT2D eigenvalue weighted by molar-refractivity contribution is 6.10. The zero-order chi connectivity index (χ0) is 29.4. The number of esters is 1. The number of carbonyl (C=O) groups excluding carboxylic acids is 2. The Hall–Kier alpha value is -4.97. The van der Waals surface area contributed by atoms with Crippen molar-refractivity contribution in [3.8, 4) is 16.9 Å². The topological polar surface area (TPSA) is 68.7 Å². The Morgan fingerprint density at radius 2 is 1.49 bits per heavy atom. The summed E-state index contributed by atoms with van der Waals surface area (Å²) in [6, 6.07) is 30.5. The molecule has 1 aromatic heterocycles. The highest BCUT2D eigenvalue weighted by atomic mass is 16.5. The van der Waals surface area contributed by atoms with Gasteiger partial charge in [0.25, 0.3) is 5.91 Å². The monoisotopic (exact) mass is 546 g/mol. The molecule has 0 atom stereocenters. The van der Waals surface area contributed by atoms with Crippen LogP contribution in [0.25, 0.3) is 21.9 Å². The second kappa shape index (κ2) is 13.4. The summed E-state index contributed by atoms with van der Waals surface area (Å²) in [6.07, 6.45) is 1.65. The Kier molecular flexibility index (Phi) is 9.48. The molecule has 0 fully saturated rings.